The van der Waals surface area contributed by atoms with E-state index in [0.29, 0.717) is 0 Å². The van der Waals surface area contributed by atoms with Gasteiger partial charge >= 0.3 is 5.97 Å². The molecule has 0 aliphatic carbocycles. The van der Waals surface area contributed by atoms with Crippen LogP contribution in [0.4, 0.5) is 5.69 Å². The van der Waals surface area contributed by atoms with Gasteiger partial charge in [0.15, 0.2) is 0 Å². The summed E-state index contributed by atoms with van der Waals surface area (Å²) >= 11 is 0. The zero-order valence-electron chi connectivity index (χ0n) is 9.95. The molecular weight excluding hydrogens is 240 g/mol. The second kappa shape index (κ2) is 6.33. The maximum atomic E-state index is 11.1. The third kappa shape index (κ3) is 3.55. The van der Waals surface area contributed by atoms with Crippen LogP contribution in [0, 0.1) is 10.1 Å². The van der Waals surface area contributed by atoms with Crippen molar-refractivity contribution >= 4 is 17.7 Å². The molecule has 0 aliphatic heterocycles. The van der Waals surface area contributed by atoms with Crippen molar-refractivity contribution in [2.24, 2.45) is 0 Å². The molecule has 0 saturated carbocycles. The maximum Gasteiger partial charge on any atom is 0.330 e. The summed E-state index contributed by atoms with van der Waals surface area (Å²) in [6.45, 7) is 1.90. The van der Waals surface area contributed by atoms with Crippen molar-refractivity contribution in [1.29, 1.82) is 0 Å². The molecule has 1 aromatic heterocycles. The molecule has 0 atom stereocenters. The predicted octanol–water partition coefficient (Wildman–Crippen LogP) is 1.57. The number of ether oxygens (including phenoxy) is 2. The van der Waals surface area contributed by atoms with Gasteiger partial charge in [-0.25, -0.2) is 9.78 Å². The number of nitrogens with zero attached hydrogens (tertiary/aromatic N) is 2. The molecule has 7 nitrogen and oxygen atoms in total. The number of hydrogen-bond acceptors (Lipinski definition) is 6. The van der Waals surface area contributed by atoms with Gasteiger partial charge in [0.2, 0.25) is 5.88 Å². The monoisotopic (exact) mass is 252 g/mol. The Morgan fingerprint density at radius 3 is 2.83 bits per heavy atom. The van der Waals surface area contributed by atoms with E-state index >= 15 is 0 Å². The minimum Gasteiger partial charge on any atom is -0.481 e. The number of methoxy groups -OCH3 is 1. The van der Waals surface area contributed by atoms with Gasteiger partial charge in [0, 0.05) is 18.2 Å². The van der Waals surface area contributed by atoms with Crippen LogP contribution in [0.3, 0.4) is 0 Å². The van der Waals surface area contributed by atoms with Crippen LogP contribution in [0.25, 0.3) is 6.08 Å². The number of hydrogen-bond donors (Lipinski definition) is 0. The van der Waals surface area contributed by atoms with Crippen molar-refractivity contribution in [2.75, 3.05) is 13.7 Å². The molecule has 7 heteroatoms. The van der Waals surface area contributed by atoms with Crippen LogP contribution < -0.4 is 4.74 Å². The van der Waals surface area contributed by atoms with Crippen molar-refractivity contribution in [3.05, 3.63) is 34.0 Å². The van der Waals surface area contributed by atoms with Crippen LogP contribution >= 0.6 is 0 Å². The summed E-state index contributed by atoms with van der Waals surface area (Å²) in [5.74, 6) is -0.361. The van der Waals surface area contributed by atoms with Gasteiger partial charge < -0.3 is 9.47 Å². The molecule has 0 amide bonds. The number of nitro groups is 1. The summed E-state index contributed by atoms with van der Waals surface area (Å²) in [5.41, 5.74) is -0.177. The lowest BCUT2D eigenvalue weighted by atomic mass is 10.2. The minimum absolute atomic E-state index is 0.0346. The smallest absolute Gasteiger partial charge is 0.330 e. The highest BCUT2D eigenvalue weighted by Crippen LogP contribution is 2.21. The average Bonchev–Trinajstić information content (AvgIpc) is 2.36. The zero-order chi connectivity index (χ0) is 13.5. The quantitative estimate of drug-likeness (QED) is 0.342. The van der Waals surface area contributed by atoms with Gasteiger partial charge in [0.25, 0.3) is 5.69 Å². The van der Waals surface area contributed by atoms with E-state index in [1.54, 1.807) is 6.92 Å². The molecule has 0 unspecified atom stereocenters. The molecule has 1 rings (SSSR count). The highest BCUT2D eigenvalue weighted by molar-refractivity contribution is 5.87. The Labute approximate surface area is 103 Å². The molecule has 0 fully saturated rings. The first-order valence-electron chi connectivity index (χ1n) is 5.12. The molecule has 0 spiro atoms. The van der Waals surface area contributed by atoms with E-state index in [9.17, 15) is 14.9 Å². The van der Waals surface area contributed by atoms with E-state index in [1.807, 2.05) is 0 Å². The normalized spacial score (nSPS) is 10.3. The molecule has 18 heavy (non-hydrogen) atoms. The third-order valence-electron chi connectivity index (χ3n) is 1.95. The molecule has 0 aromatic carbocycles. The second-order valence-corrected chi connectivity index (χ2v) is 3.10. The van der Waals surface area contributed by atoms with Crippen molar-refractivity contribution in [3.8, 4) is 5.88 Å². The molecule has 0 saturated heterocycles. The first kappa shape index (κ1) is 13.6. The molecule has 96 valence electrons. The number of esters is 1. The summed E-state index contributed by atoms with van der Waals surface area (Å²) in [6.07, 6.45) is 2.30. The molecule has 1 aromatic rings. The Balaban J connectivity index is 3.04. The van der Waals surface area contributed by atoms with E-state index in [-0.39, 0.29) is 23.9 Å². The lowest BCUT2D eigenvalue weighted by Crippen LogP contribution is -2.00. The zero-order valence-corrected chi connectivity index (χ0v) is 9.95. The van der Waals surface area contributed by atoms with Crippen LogP contribution in [0.5, 0.6) is 5.88 Å². The van der Waals surface area contributed by atoms with E-state index in [4.69, 9.17) is 4.74 Å². The fraction of sp³-hybridized carbons (Fsp3) is 0.273. The maximum absolute atomic E-state index is 11.1. The second-order valence-electron chi connectivity index (χ2n) is 3.10. The SMILES string of the molecule is CCOC(=O)/C=C/c1nc(OC)ccc1[N+](=O)[O-]. The topological polar surface area (TPSA) is 91.6 Å². The number of pyridine rings is 1. The minimum atomic E-state index is -0.587. The van der Waals surface area contributed by atoms with E-state index in [2.05, 4.69) is 9.72 Å². The number of rotatable bonds is 5. The largest absolute Gasteiger partial charge is 0.481 e. The standard InChI is InChI=1S/C11H12N2O5/c1-3-18-11(14)7-4-8-9(13(15)16)5-6-10(12-8)17-2/h4-7H,3H2,1-2H3/b7-4+. The highest BCUT2D eigenvalue weighted by Gasteiger charge is 2.14. The summed E-state index contributed by atoms with van der Waals surface area (Å²) in [5, 5.41) is 10.8. The van der Waals surface area contributed by atoms with Crippen LogP contribution in [-0.2, 0) is 9.53 Å². The Morgan fingerprint density at radius 2 is 2.28 bits per heavy atom. The van der Waals surface area contributed by atoms with Crippen LogP contribution in [-0.4, -0.2) is 29.6 Å². The van der Waals surface area contributed by atoms with Crippen LogP contribution in [0.2, 0.25) is 0 Å². The van der Waals surface area contributed by atoms with Crippen LogP contribution in [0.15, 0.2) is 18.2 Å². The van der Waals surface area contributed by atoms with Gasteiger partial charge in [0.1, 0.15) is 5.69 Å². The summed E-state index contributed by atoms with van der Waals surface area (Å²) < 4.78 is 9.53. The number of aromatic nitrogens is 1. The third-order valence-corrected chi connectivity index (χ3v) is 1.95. The van der Waals surface area contributed by atoms with Gasteiger partial charge in [0.05, 0.1) is 18.6 Å². The Morgan fingerprint density at radius 1 is 1.56 bits per heavy atom. The Bertz CT molecular complexity index is 484. The molecule has 0 aliphatic rings. The summed E-state index contributed by atoms with van der Waals surface area (Å²) in [6, 6.07) is 2.64. The molecule has 0 N–H and O–H groups in total. The van der Waals surface area contributed by atoms with Gasteiger partial charge in [-0.3, -0.25) is 10.1 Å². The van der Waals surface area contributed by atoms with Crippen molar-refractivity contribution in [2.45, 2.75) is 6.92 Å². The van der Waals surface area contributed by atoms with Crippen LogP contribution in [0.1, 0.15) is 12.6 Å². The van der Waals surface area contributed by atoms with E-state index in [1.165, 1.54) is 25.3 Å². The molecular formula is C11H12N2O5. The van der Waals surface area contributed by atoms with Gasteiger partial charge in [-0.1, -0.05) is 0 Å². The van der Waals surface area contributed by atoms with E-state index < -0.39 is 10.9 Å². The number of carbonyl (C=O) groups is 1. The summed E-state index contributed by atoms with van der Waals surface area (Å²) in [7, 11) is 1.40. The average molecular weight is 252 g/mol. The number of carbonyl (C=O) groups excluding carboxylic acids is 1. The predicted molar refractivity (Wildman–Crippen MR) is 63.1 cm³/mol. The molecule has 0 bridgehead atoms. The van der Waals surface area contributed by atoms with E-state index in [0.717, 1.165) is 6.08 Å². The summed E-state index contributed by atoms with van der Waals surface area (Å²) in [4.78, 5) is 25.2. The molecule has 0 radical (unpaired) electrons. The van der Waals surface area contributed by atoms with Crippen molar-refractivity contribution < 1.29 is 19.2 Å². The molecule has 1 heterocycles. The van der Waals surface area contributed by atoms with Gasteiger partial charge in [-0.05, 0) is 13.0 Å². The highest BCUT2D eigenvalue weighted by atomic mass is 16.6. The first-order valence-corrected chi connectivity index (χ1v) is 5.12. The Hall–Kier alpha value is -2.44. The lowest BCUT2D eigenvalue weighted by Gasteiger charge is -2.01. The lowest BCUT2D eigenvalue weighted by molar-refractivity contribution is -0.385. The van der Waals surface area contributed by atoms with Gasteiger partial charge in [-0.2, -0.15) is 0 Å². The van der Waals surface area contributed by atoms with Gasteiger partial charge in [-0.15, -0.1) is 0 Å². The Kier molecular flexibility index (Phi) is 4.79. The van der Waals surface area contributed by atoms with Crippen molar-refractivity contribution in [3.63, 3.8) is 0 Å². The fourth-order valence-electron chi connectivity index (χ4n) is 1.18. The first-order chi connectivity index (χ1) is 8.58. The fourth-order valence-corrected chi connectivity index (χ4v) is 1.18. The van der Waals surface area contributed by atoms with Crippen molar-refractivity contribution in [1.82, 2.24) is 4.98 Å².